The number of ether oxygens (including phenoxy) is 1. The molecule has 6 rings (SSSR count). The van der Waals surface area contributed by atoms with Crippen molar-refractivity contribution in [3.63, 3.8) is 0 Å². The van der Waals surface area contributed by atoms with Crippen molar-refractivity contribution >= 4 is 11.7 Å². The molecule has 1 aromatic rings. The molecule has 12 nitrogen and oxygen atoms in total. The largest absolute Gasteiger partial charge is 0.387 e. The van der Waals surface area contributed by atoms with Crippen molar-refractivity contribution in [1.29, 1.82) is 0 Å². The van der Waals surface area contributed by atoms with Crippen LogP contribution >= 0.6 is 0 Å². The van der Waals surface area contributed by atoms with Gasteiger partial charge in [-0.05, 0) is 81.6 Å². The molecule has 0 aromatic heterocycles. The zero-order chi connectivity index (χ0) is 32.8. The molecule has 2 aliphatic carbocycles. The number of rotatable bonds is 9. The minimum atomic E-state index is -1.03. The fraction of sp³-hybridized carbons (Fsp3) is 0.800. The van der Waals surface area contributed by atoms with Gasteiger partial charge in [0.05, 0.1) is 24.5 Å². The number of carbonyl (C=O) groups excluding carboxylic acids is 1. The number of hydrogen-bond donors (Lipinski definition) is 8. The Labute approximate surface area is 280 Å². The SMILES string of the molecule is CN(CCCNC(=O)Nc1cccc2c1CCCC2)C[C@H]1O[C@@H](N2CNC3(C4CCCCCCCCC4)C(N)NCNC23)[C@H](O)[C@@H]1O. The summed E-state index contributed by atoms with van der Waals surface area (Å²) in [7, 11) is 1.99. The molecule has 3 heterocycles. The van der Waals surface area contributed by atoms with Crippen molar-refractivity contribution in [3.05, 3.63) is 29.3 Å². The smallest absolute Gasteiger partial charge is 0.319 e. The van der Waals surface area contributed by atoms with E-state index in [2.05, 4.69) is 42.5 Å². The number of amides is 2. The van der Waals surface area contributed by atoms with Crippen LogP contribution < -0.4 is 32.3 Å². The zero-order valence-corrected chi connectivity index (χ0v) is 28.4. The minimum Gasteiger partial charge on any atom is -0.387 e. The highest BCUT2D eigenvalue weighted by Gasteiger charge is 2.60. The number of nitrogens with two attached hydrogens (primary N) is 1. The second-order valence-corrected chi connectivity index (χ2v) is 14.7. The Morgan fingerprint density at radius 3 is 2.57 bits per heavy atom. The molecule has 1 saturated carbocycles. The Morgan fingerprint density at radius 1 is 1.04 bits per heavy atom. The molecule has 3 aliphatic heterocycles. The van der Waals surface area contributed by atoms with Crippen LogP contribution in [-0.2, 0) is 17.6 Å². The Balaban J connectivity index is 0.995. The van der Waals surface area contributed by atoms with Gasteiger partial charge in [-0.1, -0.05) is 57.1 Å². The van der Waals surface area contributed by atoms with Crippen molar-refractivity contribution in [2.45, 2.75) is 132 Å². The van der Waals surface area contributed by atoms with E-state index in [1.54, 1.807) is 0 Å². The molecule has 7 atom stereocenters. The highest BCUT2D eigenvalue weighted by atomic mass is 16.6. The van der Waals surface area contributed by atoms with E-state index in [1.165, 1.54) is 62.5 Å². The van der Waals surface area contributed by atoms with Gasteiger partial charge >= 0.3 is 6.03 Å². The Bertz CT molecular complexity index is 1170. The van der Waals surface area contributed by atoms with Crippen LogP contribution in [0.15, 0.2) is 18.2 Å². The molecule has 264 valence electrons. The molecule has 9 N–H and O–H groups in total. The Kier molecular flexibility index (Phi) is 12.1. The van der Waals surface area contributed by atoms with Crippen molar-refractivity contribution < 1.29 is 19.7 Å². The van der Waals surface area contributed by atoms with Crippen LogP contribution in [0, 0.1) is 5.92 Å². The number of fused-ring (bicyclic) bond motifs is 2. The van der Waals surface area contributed by atoms with Gasteiger partial charge in [0.2, 0.25) is 0 Å². The number of carbonyl (C=O) groups is 1. The predicted molar refractivity (Wildman–Crippen MR) is 183 cm³/mol. The summed E-state index contributed by atoms with van der Waals surface area (Å²) in [5, 5.41) is 39.4. The molecular formula is C35H60N8O4. The lowest BCUT2D eigenvalue weighted by Crippen LogP contribution is -2.78. The first-order valence-electron chi connectivity index (χ1n) is 18.5. The first-order valence-corrected chi connectivity index (χ1v) is 18.5. The van der Waals surface area contributed by atoms with E-state index in [0.29, 0.717) is 32.3 Å². The highest BCUT2D eigenvalue weighted by molar-refractivity contribution is 5.90. The summed E-state index contributed by atoms with van der Waals surface area (Å²) < 4.78 is 6.46. The number of hydrogen-bond acceptors (Lipinski definition) is 10. The number of anilines is 1. The van der Waals surface area contributed by atoms with Crippen LogP contribution in [0.1, 0.15) is 88.2 Å². The second kappa shape index (κ2) is 16.2. The maximum atomic E-state index is 12.6. The molecule has 3 saturated heterocycles. The molecule has 3 unspecified atom stereocenters. The number of aryl methyl sites for hydroxylation is 1. The van der Waals surface area contributed by atoms with Gasteiger partial charge in [0.25, 0.3) is 0 Å². The normalized spacial score (nSPS) is 34.1. The lowest BCUT2D eigenvalue weighted by atomic mass is 9.72. The summed E-state index contributed by atoms with van der Waals surface area (Å²) in [6, 6.07) is 5.99. The molecule has 47 heavy (non-hydrogen) atoms. The molecule has 5 aliphatic rings. The Hall–Kier alpha value is -1.87. The fourth-order valence-electron chi connectivity index (χ4n) is 9.01. The van der Waals surface area contributed by atoms with E-state index in [1.807, 2.05) is 19.2 Å². The van der Waals surface area contributed by atoms with Crippen LogP contribution in [0.2, 0.25) is 0 Å². The summed E-state index contributed by atoms with van der Waals surface area (Å²) in [6.07, 6.45) is 12.8. The minimum absolute atomic E-state index is 0.117. The third-order valence-corrected chi connectivity index (χ3v) is 11.6. The Morgan fingerprint density at radius 2 is 1.79 bits per heavy atom. The number of urea groups is 1. The molecule has 0 spiro atoms. The van der Waals surface area contributed by atoms with E-state index in [9.17, 15) is 15.0 Å². The summed E-state index contributed by atoms with van der Waals surface area (Å²) >= 11 is 0. The van der Waals surface area contributed by atoms with E-state index < -0.39 is 24.5 Å². The number of aliphatic hydroxyl groups is 2. The molecular weight excluding hydrogens is 596 g/mol. The maximum absolute atomic E-state index is 12.6. The van der Waals surface area contributed by atoms with Gasteiger partial charge in [-0.2, -0.15) is 0 Å². The highest BCUT2D eigenvalue weighted by Crippen LogP contribution is 2.41. The molecule has 1 aromatic carbocycles. The summed E-state index contributed by atoms with van der Waals surface area (Å²) in [6.45, 7) is 2.84. The molecule has 0 bridgehead atoms. The van der Waals surface area contributed by atoms with Crippen LogP contribution in [0.5, 0.6) is 0 Å². The van der Waals surface area contributed by atoms with Crippen LogP contribution in [0.25, 0.3) is 0 Å². The van der Waals surface area contributed by atoms with E-state index >= 15 is 0 Å². The van der Waals surface area contributed by atoms with Crippen LogP contribution in [0.4, 0.5) is 10.5 Å². The van der Waals surface area contributed by atoms with Crippen molar-refractivity contribution in [1.82, 2.24) is 31.1 Å². The lowest BCUT2D eigenvalue weighted by molar-refractivity contribution is -0.115. The third-order valence-electron chi connectivity index (χ3n) is 11.6. The van der Waals surface area contributed by atoms with Gasteiger partial charge in [0, 0.05) is 25.4 Å². The average molecular weight is 657 g/mol. The zero-order valence-electron chi connectivity index (χ0n) is 28.4. The van der Waals surface area contributed by atoms with Crippen LogP contribution in [-0.4, -0.2) is 108 Å². The molecule has 0 radical (unpaired) electrons. The molecule has 12 heteroatoms. The second-order valence-electron chi connectivity index (χ2n) is 14.7. The fourth-order valence-corrected chi connectivity index (χ4v) is 9.01. The van der Waals surface area contributed by atoms with Gasteiger partial charge in [0.15, 0.2) is 0 Å². The third kappa shape index (κ3) is 7.81. The van der Waals surface area contributed by atoms with Gasteiger partial charge in [-0.25, -0.2) is 9.69 Å². The topological polar surface area (TPSA) is 159 Å². The van der Waals surface area contributed by atoms with Gasteiger partial charge in [-0.3, -0.25) is 16.0 Å². The summed E-state index contributed by atoms with van der Waals surface area (Å²) in [4.78, 5) is 16.9. The predicted octanol–water partition coefficient (Wildman–Crippen LogP) is 1.96. The van der Waals surface area contributed by atoms with Crippen molar-refractivity contribution in [2.75, 3.05) is 45.3 Å². The number of nitrogens with zero attached hydrogens (tertiary/aromatic N) is 2. The molecule has 4 fully saturated rings. The standard InChI is InChI=1S/C35H60N8O4/c1-42(20-12-19-37-34(46)41-27-18-11-14-24-13-9-10-17-26(24)27)21-28-29(44)30(45)31(47-28)43-23-40-35(32(36)38-22-39-33(35)43)25-15-7-5-3-2-4-6-8-16-25/h11,14,18,25,28-33,38-40,44-45H,2-10,12-13,15-17,19-23,36H2,1H3,(H2,37,41,46)/t28-,29-,30-,31-,32?,33?,35?/m1/s1. The molecule has 2 amide bonds. The van der Waals surface area contributed by atoms with E-state index in [4.69, 9.17) is 10.5 Å². The van der Waals surface area contributed by atoms with E-state index in [-0.39, 0.29) is 23.9 Å². The first kappa shape index (κ1) is 35.0. The van der Waals surface area contributed by atoms with Gasteiger partial charge in [0.1, 0.15) is 24.5 Å². The lowest BCUT2D eigenvalue weighted by Gasteiger charge is -2.51. The van der Waals surface area contributed by atoms with Gasteiger partial charge in [-0.15, -0.1) is 0 Å². The summed E-state index contributed by atoms with van der Waals surface area (Å²) in [5.74, 6) is 0.394. The maximum Gasteiger partial charge on any atom is 0.319 e. The number of nitrogens with one attached hydrogen (secondary N) is 5. The average Bonchev–Trinajstić information content (AvgIpc) is 3.60. The monoisotopic (exact) mass is 656 g/mol. The van der Waals surface area contributed by atoms with Crippen molar-refractivity contribution in [3.8, 4) is 0 Å². The van der Waals surface area contributed by atoms with Gasteiger partial charge < -0.3 is 36.2 Å². The summed E-state index contributed by atoms with van der Waals surface area (Å²) in [5.41, 5.74) is 10.0. The van der Waals surface area contributed by atoms with Crippen molar-refractivity contribution in [2.24, 2.45) is 11.7 Å². The number of benzene rings is 1. The van der Waals surface area contributed by atoms with Crippen LogP contribution in [0.3, 0.4) is 0 Å². The first-order chi connectivity index (χ1) is 22.9. The van der Waals surface area contributed by atoms with E-state index in [0.717, 1.165) is 50.8 Å². The number of aliphatic hydroxyl groups excluding tert-OH is 2. The number of likely N-dealkylation sites (N-methyl/N-ethyl adjacent to an activating group) is 1. The quantitative estimate of drug-likeness (QED) is 0.185.